The maximum Gasteiger partial charge on any atom is 0.193 e. The first-order valence-electron chi connectivity index (χ1n) is 12.3. The average Bonchev–Trinajstić information content (AvgIpc) is 3.69. The van der Waals surface area contributed by atoms with Gasteiger partial charge in [-0.1, -0.05) is 60.7 Å². The van der Waals surface area contributed by atoms with Crippen molar-refractivity contribution in [3.8, 4) is 0 Å². The van der Waals surface area contributed by atoms with E-state index >= 15 is 0 Å². The molecule has 0 saturated heterocycles. The molecule has 6 rings (SSSR count). The van der Waals surface area contributed by atoms with Crippen LogP contribution in [-0.4, -0.2) is 43.6 Å². The molecule has 4 N–H and O–H groups in total. The molecule has 7 nitrogen and oxygen atoms in total. The molecule has 2 atom stereocenters. The van der Waals surface area contributed by atoms with Crippen molar-refractivity contribution in [3.05, 3.63) is 120 Å². The Kier molecular flexibility index (Phi) is 5.52. The summed E-state index contributed by atoms with van der Waals surface area (Å²) in [5, 5.41) is 13.8. The molecule has 0 radical (unpaired) electrons. The Morgan fingerprint density at radius 1 is 0.667 bits per heavy atom. The van der Waals surface area contributed by atoms with E-state index in [0.29, 0.717) is 24.2 Å². The number of aliphatic imine (C=N–C) groups is 2. The van der Waals surface area contributed by atoms with E-state index in [9.17, 15) is 4.79 Å². The van der Waals surface area contributed by atoms with Crippen LogP contribution in [0.1, 0.15) is 27.0 Å². The topological polar surface area (TPSA) is 89.9 Å². The van der Waals surface area contributed by atoms with Crippen LogP contribution in [-0.2, 0) is 11.1 Å². The van der Waals surface area contributed by atoms with Gasteiger partial charge in [-0.15, -0.1) is 0 Å². The number of dihydropyridines is 2. The predicted octanol–water partition coefficient (Wildman–Crippen LogP) is 2.66. The van der Waals surface area contributed by atoms with Gasteiger partial charge in [0.25, 0.3) is 0 Å². The van der Waals surface area contributed by atoms with Gasteiger partial charge in [-0.25, -0.2) is 0 Å². The summed E-state index contributed by atoms with van der Waals surface area (Å²) in [6.07, 6.45) is 15.8. The van der Waals surface area contributed by atoms with Crippen molar-refractivity contribution in [1.82, 2.24) is 21.3 Å². The fraction of sp³-hybridized carbons (Fsp3) is 0.207. The first-order valence-corrected chi connectivity index (χ1v) is 12.3. The molecule has 0 aliphatic carbocycles. The van der Waals surface area contributed by atoms with Gasteiger partial charge in [-0.05, 0) is 36.7 Å². The number of hydrogen-bond donors (Lipinski definition) is 4. The Hall–Kier alpha value is -4.39. The van der Waals surface area contributed by atoms with Gasteiger partial charge < -0.3 is 21.3 Å². The SMILES string of the molecule is O=C(c1ccccc1C1(C2=NCCN2)C=CC=CN1)c1ccccc1C1(C2=NCCN2)C=CC=CN1. The molecular weight excluding hydrogens is 448 g/mol. The van der Waals surface area contributed by atoms with Crippen molar-refractivity contribution in [3.63, 3.8) is 0 Å². The van der Waals surface area contributed by atoms with E-state index in [2.05, 4.69) is 33.4 Å². The largest absolute Gasteiger partial charge is 0.372 e. The van der Waals surface area contributed by atoms with Gasteiger partial charge in [0.1, 0.15) is 22.7 Å². The summed E-state index contributed by atoms with van der Waals surface area (Å²) >= 11 is 0. The molecule has 0 saturated carbocycles. The molecular formula is C29H28N6O. The minimum Gasteiger partial charge on any atom is -0.372 e. The minimum atomic E-state index is -0.743. The van der Waals surface area contributed by atoms with E-state index in [-0.39, 0.29) is 5.78 Å². The second-order valence-electron chi connectivity index (χ2n) is 9.08. The zero-order valence-corrected chi connectivity index (χ0v) is 19.9. The highest BCUT2D eigenvalue weighted by Crippen LogP contribution is 2.35. The van der Waals surface area contributed by atoms with Crippen LogP contribution in [0.2, 0.25) is 0 Å². The lowest BCUT2D eigenvalue weighted by Crippen LogP contribution is -2.52. The molecule has 0 aromatic heterocycles. The fourth-order valence-corrected chi connectivity index (χ4v) is 5.37. The lowest BCUT2D eigenvalue weighted by molar-refractivity contribution is 0.103. The van der Waals surface area contributed by atoms with E-state index in [0.717, 1.165) is 35.9 Å². The van der Waals surface area contributed by atoms with Crippen LogP contribution in [0.3, 0.4) is 0 Å². The van der Waals surface area contributed by atoms with Crippen molar-refractivity contribution in [1.29, 1.82) is 0 Å². The Morgan fingerprint density at radius 2 is 1.14 bits per heavy atom. The standard InChI is InChI=1S/C29H28N6O/c36-25(21-9-1-3-11-23(21)28(13-5-7-15-34-28)26-30-17-18-31-26)22-10-2-4-12-24(22)29(14-6-8-16-35-29)27-32-19-20-33-27/h1-16,34-35H,17-20H2,(H,30,31)(H,32,33). The molecule has 180 valence electrons. The van der Waals surface area contributed by atoms with E-state index in [4.69, 9.17) is 9.98 Å². The molecule has 36 heavy (non-hydrogen) atoms. The third-order valence-corrected chi connectivity index (χ3v) is 7.02. The first-order chi connectivity index (χ1) is 17.7. The molecule has 0 spiro atoms. The van der Waals surface area contributed by atoms with Crippen molar-refractivity contribution in [2.24, 2.45) is 9.98 Å². The van der Waals surface area contributed by atoms with Gasteiger partial charge in [0, 0.05) is 35.3 Å². The summed E-state index contributed by atoms with van der Waals surface area (Å²) in [6, 6.07) is 15.6. The predicted molar refractivity (Wildman–Crippen MR) is 143 cm³/mol. The third-order valence-electron chi connectivity index (χ3n) is 7.02. The number of carbonyl (C=O) groups excluding carboxylic acids is 1. The van der Waals surface area contributed by atoms with Crippen LogP contribution in [0.5, 0.6) is 0 Å². The molecule has 2 aromatic rings. The van der Waals surface area contributed by atoms with Gasteiger partial charge in [-0.2, -0.15) is 0 Å². The smallest absolute Gasteiger partial charge is 0.193 e. The molecule has 4 heterocycles. The molecule has 0 amide bonds. The number of nitrogens with one attached hydrogen (secondary N) is 4. The van der Waals surface area contributed by atoms with Crippen LogP contribution < -0.4 is 21.3 Å². The summed E-state index contributed by atoms with van der Waals surface area (Å²) in [5.74, 6) is 1.59. The van der Waals surface area contributed by atoms with Crippen molar-refractivity contribution >= 4 is 17.5 Å². The third kappa shape index (κ3) is 3.47. The Bertz CT molecular complexity index is 1280. The van der Waals surface area contributed by atoms with Crippen molar-refractivity contribution in [2.45, 2.75) is 11.1 Å². The summed E-state index contributed by atoms with van der Waals surface area (Å²) < 4.78 is 0. The number of benzene rings is 2. The van der Waals surface area contributed by atoms with Crippen molar-refractivity contribution in [2.75, 3.05) is 26.2 Å². The van der Waals surface area contributed by atoms with Gasteiger partial charge in [0.15, 0.2) is 5.78 Å². The van der Waals surface area contributed by atoms with Gasteiger partial charge in [0.2, 0.25) is 0 Å². The Labute approximate surface area is 210 Å². The highest BCUT2D eigenvalue weighted by molar-refractivity contribution is 6.14. The highest BCUT2D eigenvalue weighted by atomic mass is 16.1. The Balaban J connectivity index is 1.50. The average molecular weight is 477 g/mol. The summed E-state index contributed by atoms with van der Waals surface area (Å²) in [7, 11) is 0. The quantitative estimate of drug-likeness (QED) is 0.482. The van der Waals surface area contributed by atoms with Crippen LogP contribution >= 0.6 is 0 Å². The lowest BCUT2D eigenvalue weighted by Gasteiger charge is -2.36. The summed E-state index contributed by atoms with van der Waals surface area (Å²) in [5.41, 5.74) is 1.48. The number of carbonyl (C=O) groups is 1. The maximum atomic E-state index is 14.4. The number of allylic oxidation sites excluding steroid dienone is 4. The molecule has 2 aromatic carbocycles. The van der Waals surface area contributed by atoms with Gasteiger partial charge in [-0.3, -0.25) is 14.8 Å². The molecule has 2 unspecified atom stereocenters. The van der Waals surface area contributed by atoms with Crippen LogP contribution in [0.15, 0.2) is 107 Å². The Morgan fingerprint density at radius 3 is 1.53 bits per heavy atom. The fourth-order valence-electron chi connectivity index (χ4n) is 5.37. The molecule has 7 heteroatoms. The van der Waals surface area contributed by atoms with Crippen LogP contribution in [0.25, 0.3) is 0 Å². The maximum absolute atomic E-state index is 14.4. The van der Waals surface area contributed by atoms with Crippen LogP contribution in [0, 0.1) is 0 Å². The number of amidine groups is 2. The number of nitrogens with zero attached hydrogens (tertiary/aromatic N) is 2. The number of hydrogen-bond acceptors (Lipinski definition) is 7. The summed E-state index contributed by atoms with van der Waals surface area (Å²) in [4.78, 5) is 23.9. The molecule has 4 aliphatic heterocycles. The van der Waals surface area contributed by atoms with Crippen molar-refractivity contribution < 1.29 is 4.79 Å². The van der Waals surface area contributed by atoms with E-state index < -0.39 is 11.1 Å². The zero-order chi connectivity index (χ0) is 24.4. The number of ketones is 1. The minimum absolute atomic E-state index is 0.0494. The zero-order valence-electron chi connectivity index (χ0n) is 19.9. The lowest BCUT2D eigenvalue weighted by atomic mass is 9.78. The summed E-state index contributed by atoms with van der Waals surface area (Å²) in [6.45, 7) is 2.97. The van der Waals surface area contributed by atoms with E-state index in [1.54, 1.807) is 0 Å². The second-order valence-corrected chi connectivity index (χ2v) is 9.08. The van der Waals surface area contributed by atoms with E-state index in [1.165, 1.54) is 0 Å². The van der Waals surface area contributed by atoms with Crippen LogP contribution in [0.4, 0.5) is 0 Å². The number of rotatable bonds is 6. The monoisotopic (exact) mass is 476 g/mol. The van der Waals surface area contributed by atoms with Gasteiger partial charge in [0.05, 0.1) is 13.1 Å². The highest BCUT2D eigenvalue weighted by Gasteiger charge is 2.42. The molecule has 4 aliphatic rings. The molecule has 0 bridgehead atoms. The van der Waals surface area contributed by atoms with E-state index in [1.807, 2.05) is 85.2 Å². The van der Waals surface area contributed by atoms with Gasteiger partial charge >= 0.3 is 0 Å². The first kappa shape index (κ1) is 22.1. The second kappa shape index (κ2) is 9.00. The normalized spacial score (nSPS) is 25.9. The molecule has 0 fully saturated rings.